The molecule has 0 aliphatic carbocycles. The van der Waals surface area contributed by atoms with Crippen molar-refractivity contribution in [3.63, 3.8) is 0 Å². The Morgan fingerprint density at radius 3 is 2.43 bits per heavy atom. The first-order chi connectivity index (χ1) is 14.3. The lowest BCUT2D eigenvalue weighted by atomic mass is 10.2. The van der Waals surface area contributed by atoms with Crippen molar-refractivity contribution in [1.82, 2.24) is 14.9 Å². The van der Waals surface area contributed by atoms with E-state index in [0.29, 0.717) is 50.1 Å². The molecule has 2 aromatic rings. The Morgan fingerprint density at radius 2 is 1.83 bits per heavy atom. The number of alkyl halides is 3. The van der Waals surface area contributed by atoms with Crippen molar-refractivity contribution in [2.75, 3.05) is 48.7 Å². The summed E-state index contributed by atoms with van der Waals surface area (Å²) in [6.45, 7) is 4.03. The number of piperazine rings is 1. The Kier molecular flexibility index (Phi) is 6.33. The number of aromatic nitrogens is 2. The Balaban J connectivity index is 1.66. The molecule has 1 saturated heterocycles. The molecule has 3 rings (SSSR count). The van der Waals surface area contributed by atoms with E-state index < -0.39 is 6.36 Å². The van der Waals surface area contributed by atoms with Crippen LogP contribution in [0.1, 0.15) is 6.92 Å². The highest BCUT2D eigenvalue weighted by molar-refractivity contribution is 5.78. The second-order valence-corrected chi connectivity index (χ2v) is 6.33. The molecular formula is C18H21F3N6O3. The van der Waals surface area contributed by atoms with Crippen molar-refractivity contribution in [2.45, 2.75) is 13.3 Å². The molecule has 1 fully saturated rings. The molecule has 0 atom stereocenters. The molecule has 1 aliphatic rings. The van der Waals surface area contributed by atoms with Crippen molar-refractivity contribution in [1.29, 1.82) is 0 Å². The van der Waals surface area contributed by atoms with Crippen molar-refractivity contribution in [3.8, 4) is 5.75 Å². The summed E-state index contributed by atoms with van der Waals surface area (Å²) in [4.78, 5) is 23.7. The topological polar surface area (TPSA) is 106 Å². The number of ether oxygens (including phenoxy) is 2. The molecule has 0 bridgehead atoms. The lowest BCUT2D eigenvalue weighted by Crippen LogP contribution is -2.49. The molecule has 1 aromatic carbocycles. The van der Waals surface area contributed by atoms with Gasteiger partial charge in [-0.15, -0.1) is 13.2 Å². The van der Waals surface area contributed by atoms with Gasteiger partial charge in [0, 0.05) is 31.9 Å². The van der Waals surface area contributed by atoms with Gasteiger partial charge in [0.15, 0.2) is 11.6 Å². The quantitative estimate of drug-likeness (QED) is 0.752. The van der Waals surface area contributed by atoms with Crippen LogP contribution in [-0.4, -0.2) is 60.1 Å². The number of benzene rings is 1. The van der Waals surface area contributed by atoms with Crippen molar-refractivity contribution < 1.29 is 27.4 Å². The summed E-state index contributed by atoms with van der Waals surface area (Å²) in [6.07, 6.45) is -3.77. The Hall–Kier alpha value is -3.44. The number of nitrogens with zero attached hydrogens (tertiary/aromatic N) is 4. The molecule has 0 radical (unpaired) electrons. The number of hydrogen-bond donors (Lipinski definition) is 2. The fourth-order valence-electron chi connectivity index (χ4n) is 2.93. The van der Waals surface area contributed by atoms with Gasteiger partial charge in [-0.2, -0.15) is 0 Å². The van der Waals surface area contributed by atoms with E-state index in [1.807, 2.05) is 4.90 Å². The minimum atomic E-state index is -4.75. The third-order valence-corrected chi connectivity index (χ3v) is 4.32. The second-order valence-electron chi connectivity index (χ2n) is 6.33. The van der Waals surface area contributed by atoms with E-state index in [9.17, 15) is 18.0 Å². The molecule has 2 heterocycles. The summed E-state index contributed by atoms with van der Waals surface area (Å²) in [5.41, 5.74) is 6.98. The molecule has 1 aliphatic heterocycles. The summed E-state index contributed by atoms with van der Waals surface area (Å²) in [5, 5.41) is 2.96. The third kappa shape index (κ3) is 5.33. The number of rotatable bonds is 5. The number of nitrogen functional groups attached to an aromatic ring is 1. The van der Waals surface area contributed by atoms with Crippen LogP contribution in [0, 0.1) is 0 Å². The maximum absolute atomic E-state index is 12.3. The summed E-state index contributed by atoms with van der Waals surface area (Å²) >= 11 is 0. The first kappa shape index (κ1) is 21.3. The molecule has 0 unspecified atom stereocenters. The van der Waals surface area contributed by atoms with Crippen LogP contribution in [0.4, 0.5) is 41.0 Å². The van der Waals surface area contributed by atoms with Crippen LogP contribution in [0.5, 0.6) is 5.75 Å². The van der Waals surface area contributed by atoms with Gasteiger partial charge in [-0.1, -0.05) is 0 Å². The number of carbonyl (C=O) groups is 1. The smallest absolute Gasteiger partial charge is 0.450 e. The fourth-order valence-corrected chi connectivity index (χ4v) is 2.93. The molecular weight excluding hydrogens is 405 g/mol. The average molecular weight is 426 g/mol. The summed E-state index contributed by atoms with van der Waals surface area (Å²) in [7, 11) is 0. The van der Waals surface area contributed by atoms with E-state index in [1.54, 1.807) is 11.8 Å². The lowest BCUT2D eigenvalue weighted by Gasteiger charge is -2.35. The van der Waals surface area contributed by atoms with Gasteiger partial charge in [-0.25, -0.2) is 14.8 Å². The predicted molar refractivity (Wildman–Crippen MR) is 104 cm³/mol. The van der Waals surface area contributed by atoms with Gasteiger partial charge in [0.1, 0.15) is 17.8 Å². The molecule has 9 nitrogen and oxygen atoms in total. The van der Waals surface area contributed by atoms with Crippen LogP contribution in [0.3, 0.4) is 0 Å². The van der Waals surface area contributed by atoms with Crippen LogP contribution >= 0.6 is 0 Å². The first-order valence-corrected chi connectivity index (χ1v) is 9.17. The Labute approximate surface area is 170 Å². The Bertz CT molecular complexity index is 870. The van der Waals surface area contributed by atoms with Gasteiger partial charge in [-0.3, -0.25) is 0 Å². The highest BCUT2D eigenvalue weighted by Crippen LogP contribution is 2.30. The number of halogens is 3. The van der Waals surface area contributed by atoms with Crippen molar-refractivity contribution >= 4 is 29.1 Å². The molecule has 0 saturated carbocycles. The zero-order valence-corrected chi connectivity index (χ0v) is 16.1. The minimum absolute atomic E-state index is 0.290. The van der Waals surface area contributed by atoms with Crippen molar-refractivity contribution in [2.24, 2.45) is 0 Å². The van der Waals surface area contributed by atoms with Crippen LogP contribution < -0.4 is 20.7 Å². The molecule has 3 N–H and O–H groups in total. The monoisotopic (exact) mass is 426 g/mol. The molecule has 30 heavy (non-hydrogen) atoms. The molecule has 12 heteroatoms. The maximum Gasteiger partial charge on any atom is 0.573 e. The zero-order valence-electron chi connectivity index (χ0n) is 16.1. The van der Waals surface area contributed by atoms with Gasteiger partial charge in [0.25, 0.3) is 0 Å². The fraction of sp³-hybridized carbons (Fsp3) is 0.389. The number of nitrogens with two attached hydrogens (primary N) is 1. The Morgan fingerprint density at radius 1 is 1.17 bits per heavy atom. The van der Waals surface area contributed by atoms with Gasteiger partial charge in [0.2, 0.25) is 0 Å². The van der Waals surface area contributed by atoms with E-state index in [-0.39, 0.29) is 17.5 Å². The average Bonchev–Trinajstić information content (AvgIpc) is 2.70. The number of amides is 1. The van der Waals surface area contributed by atoms with Crippen LogP contribution in [0.25, 0.3) is 0 Å². The van der Waals surface area contributed by atoms with E-state index in [4.69, 9.17) is 10.5 Å². The van der Waals surface area contributed by atoms with E-state index >= 15 is 0 Å². The SMILES string of the molecule is CCOC(=O)N1CCN(c2ncnc(Nc3ccc(OC(F)(F)F)cc3)c2N)CC1. The second kappa shape index (κ2) is 8.93. The third-order valence-electron chi connectivity index (χ3n) is 4.32. The number of carbonyl (C=O) groups excluding carboxylic acids is 1. The maximum atomic E-state index is 12.3. The van der Waals surface area contributed by atoms with E-state index in [0.717, 1.165) is 0 Å². The number of anilines is 4. The summed E-state index contributed by atoms with van der Waals surface area (Å²) < 4.78 is 45.6. The zero-order chi connectivity index (χ0) is 21.7. The van der Waals surface area contributed by atoms with E-state index in [1.165, 1.54) is 30.6 Å². The van der Waals surface area contributed by atoms with E-state index in [2.05, 4.69) is 20.0 Å². The summed E-state index contributed by atoms with van der Waals surface area (Å²) in [5.74, 6) is 0.495. The normalized spacial score (nSPS) is 14.4. The molecule has 1 aromatic heterocycles. The first-order valence-electron chi connectivity index (χ1n) is 9.17. The van der Waals surface area contributed by atoms with Gasteiger partial charge in [-0.05, 0) is 31.2 Å². The highest BCUT2D eigenvalue weighted by Gasteiger charge is 2.31. The van der Waals surface area contributed by atoms with Crippen LogP contribution in [0.2, 0.25) is 0 Å². The molecule has 0 spiro atoms. The highest BCUT2D eigenvalue weighted by atomic mass is 19.4. The van der Waals surface area contributed by atoms with Gasteiger partial charge < -0.3 is 30.3 Å². The van der Waals surface area contributed by atoms with Gasteiger partial charge in [0.05, 0.1) is 6.61 Å². The minimum Gasteiger partial charge on any atom is -0.450 e. The van der Waals surface area contributed by atoms with Gasteiger partial charge >= 0.3 is 12.5 Å². The van der Waals surface area contributed by atoms with Crippen LogP contribution in [-0.2, 0) is 4.74 Å². The standard InChI is InChI=1S/C18H21F3N6O3/c1-2-29-17(28)27-9-7-26(8-10-27)16-14(22)15(23-11-24-16)25-12-3-5-13(6-4-12)30-18(19,20)21/h3-6,11H,2,7-10,22H2,1H3,(H,23,24,25). The number of hydrogen-bond acceptors (Lipinski definition) is 8. The predicted octanol–water partition coefficient (Wildman–Crippen LogP) is 2.98. The molecule has 162 valence electrons. The lowest BCUT2D eigenvalue weighted by molar-refractivity contribution is -0.274. The van der Waals surface area contributed by atoms with Crippen molar-refractivity contribution in [3.05, 3.63) is 30.6 Å². The summed E-state index contributed by atoms with van der Waals surface area (Å²) in [6, 6.07) is 5.20. The largest absolute Gasteiger partial charge is 0.573 e. The molecule has 1 amide bonds. The number of nitrogens with one attached hydrogen (secondary N) is 1. The van der Waals surface area contributed by atoms with Crippen LogP contribution in [0.15, 0.2) is 30.6 Å².